The molecule has 0 N–H and O–H groups in total. The Morgan fingerprint density at radius 1 is 0.781 bits per heavy atom. The molecule has 1 nitrogen and oxygen atoms in total. The lowest BCUT2D eigenvalue weighted by molar-refractivity contribution is 0.287. The molecular formula is C30H41FO. The number of benzene rings is 2. The van der Waals surface area contributed by atoms with Crippen molar-refractivity contribution < 1.29 is 9.13 Å². The standard InChI is InChI=1S/C30H41FO/c1-4-5-6-7-8-9-10-14-26-15-17-27(18-16-26)19-20-28-21-22-30(29(31)24-28)32-23-12-11-13-25(2)3/h15-18,21-22,24-25H,4-14,23H2,1-3H3. The van der Waals surface area contributed by atoms with Gasteiger partial charge in [0.05, 0.1) is 6.61 Å². The van der Waals surface area contributed by atoms with Gasteiger partial charge in [0.25, 0.3) is 0 Å². The highest BCUT2D eigenvalue weighted by Crippen LogP contribution is 2.19. The maximum Gasteiger partial charge on any atom is 0.166 e. The third-order valence-electron chi connectivity index (χ3n) is 5.74. The first kappa shape index (κ1) is 26.0. The van der Waals surface area contributed by atoms with Crippen molar-refractivity contribution in [3.05, 3.63) is 65.0 Å². The van der Waals surface area contributed by atoms with E-state index in [0.29, 0.717) is 23.8 Å². The molecule has 0 amide bonds. The van der Waals surface area contributed by atoms with Crippen molar-refractivity contribution in [1.82, 2.24) is 0 Å². The number of aryl methyl sites for hydroxylation is 1. The molecule has 0 saturated carbocycles. The van der Waals surface area contributed by atoms with E-state index in [1.807, 2.05) is 6.07 Å². The van der Waals surface area contributed by atoms with Crippen LogP contribution in [0.1, 0.15) is 102 Å². The lowest BCUT2D eigenvalue weighted by Crippen LogP contribution is -2.00. The van der Waals surface area contributed by atoms with Gasteiger partial charge in [-0.15, -0.1) is 0 Å². The van der Waals surface area contributed by atoms with Gasteiger partial charge in [0.1, 0.15) is 0 Å². The van der Waals surface area contributed by atoms with Crippen LogP contribution in [-0.4, -0.2) is 6.61 Å². The minimum absolute atomic E-state index is 0.315. The monoisotopic (exact) mass is 436 g/mol. The van der Waals surface area contributed by atoms with Crippen molar-refractivity contribution in [2.24, 2.45) is 5.92 Å². The van der Waals surface area contributed by atoms with E-state index < -0.39 is 0 Å². The number of unbranched alkanes of at least 4 members (excludes halogenated alkanes) is 7. The number of ether oxygens (including phenoxy) is 1. The maximum absolute atomic E-state index is 14.3. The number of rotatable bonds is 14. The molecule has 0 radical (unpaired) electrons. The largest absolute Gasteiger partial charge is 0.491 e. The van der Waals surface area contributed by atoms with Gasteiger partial charge in [0.15, 0.2) is 11.6 Å². The van der Waals surface area contributed by atoms with E-state index in [2.05, 4.69) is 56.9 Å². The minimum Gasteiger partial charge on any atom is -0.491 e. The van der Waals surface area contributed by atoms with Crippen LogP contribution in [0.5, 0.6) is 5.75 Å². The van der Waals surface area contributed by atoms with Crippen molar-refractivity contribution in [3.63, 3.8) is 0 Å². The number of hydrogen-bond donors (Lipinski definition) is 0. The molecule has 0 saturated heterocycles. The van der Waals surface area contributed by atoms with E-state index in [-0.39, 0.29) is 5.82 Å². The highest BCUT2D eigenvalue weighted by molar-refractivity contribution is 5.45. The summed E-state index contributed by atoms with van der Waals surface area (Å²) in [6.07, 6.45) is 13.7. The molecule has 2 heteroatoms. The van der Waals surface area contributed by atoms with E-state index in [0.717, 1.165) is 24.8 Å². The van der Waals surface area contributed by atoms with Crippen LogP contribution < -0.4 is 4.74 Å². The Morgan fingerprint density at radius 3 is 2.12 bits per heavy atom. The summed E-state index contributed by atoms with van der Waals surface area (Å²) in [6, 6.07) is 13.4. The molecule has 0 spiro atoms. The predicted molar refractivity (Wildman–Crippen MR) is 135 cm³/mol. The van der Waals surface area contributed by atoms with Gasteiger partial charge in [-0.3, -0.25) is 0 Å². The Labute approximate surface area is 195 Å². The van der Waals surface area contributed by atoms with Gasteiger partial charge in [-0.25, -0.2) is 4.39 Å². The Morgan fingerprint density at radius 2 is 1.44 bits per heavy atom. The zero-order valence-electron chi connectivity index (χ0n) is 20.4. The van der Waals surface area contributed by atoms with Crippen LogP contribution in [0.25, 0.3) is 0 Å². The fraction of sp³-hybridized carbons (Fsp3) is 0.533. The molecule has 0 aliphatic carbocycles. The summed E-state index contributed by atoms with van der Waals surface area (Å²) in [5.41, 5.74) is 2.99. The summed E-state index contributed by atoms with van der Waals surface area (Å²) in [5.74, 6) is 6.88. The molecule has 174 valence electrons. The summed E-state index contributed by atoms with van der Waals surface area (Å²) in [6.45, 7) is 7.24. The maximum atomic E-state index is 14.3. The zero-order chi connectivity index (χ0) is 23.0. The second kappa shape index (κ2) is 15.5. The third-order valence-corrected chi connectivity index (χ3v) is 5.74. The van der Waals surface area contributed by atoms with Gasteiger partial charge < -0.3 is 4.74 Å². The van der Waals surface area contributed by atoms with Gasteiger partial charge >= 0.3 is 0 Å². The number of hydrogen-bond acceptors (Lipinski definition) is 1. The number of halogens is 1. The van der Waals surface area contributed by atoms with Crippen LogP contribution in [0, 0.1) is 23.6 Å². The van der Waals surface area contributed by atoms with Crippen LogP contribution in [0.15, 0.2) is 42.5 Å². The molecule has 32 heavy (non-hydrogen) atoms. The second-order valence-corrected chi connectivity index (χ2v) is 9.20. The minimum atomic E-state index is -0.342. The fourth-order valence-electron chi connectivity index (χ4n) is 3.72. The molecule has 0 atom stereocenters. The molecule has 0 aliphatic rings. The van der Waals surface area contributed by atoms with Gasteiger partial charge in [0, 0.05) is 11.1 Å². The molecule has 2 aromatic rings. The lowest BCUT2D eigenvalue weighted by Gasteiger charge is -2.08. The first-order chi connectivity index (χ1) is 15.6. The Hall–Kier alpha value is -2.27. The molecular weight excluding hydrogens is 395 g/mol. The molecule has 0 fully saturated rings. The highest BCUT2D eigenvalue weighted by Gasteiger charge is 2.04. The van der Waals surface area contributed by atoms with Gasteiger partial charge in [-0.05, 0) is 67.5 Å². The lowest BCUT2D eigenvalue weighted by atomic mass is 10.0. The SMILES string of the molecule is CCCCCCCCCc1ccc(C#Cc2ccc(OCCCCC(C)C)c(F)c2)cc1. The van der Waals surface area contributed by atoms with E-state index in [4.69, 9.17) is 4.74 Å². The average molecular weight is 437 g/mol. The Bertz CT molecular complexity index is 826. The molecule has 2 rings (SSSR count). The quantitative estimate of drug-likeness (QED) is 0.212. The third kappa shape index (κ3) is 10.9. The van der Waals surface area contributed by atoms with Gasteiger partial charge in [0.2, 0.25) is 0 Å². The molecule has 0 aliphatic heterocycles. The van der Waals surface area contributed by atoms with Crippen LogP contribution in [0.2, 0.25) is 0 Å². The van der Waals surface area contributed by atoms with Crippen LogP contribution >= 0.6 is 0 Å². The second-order valence-electron chi connectivity index (χ2n) is 9.20. The molecule has 0 heterocycles. The zero-order valence-corrected chi connectivity index (χ0v) is 20.4. The van der Waals surface area contributed by atoms with Crippen molar-refractivity contribution in [2.75, 3.05) is 6.61 Å². The normalized spacial score (nSPS) is 10.8. The highest BCUT2D eigenvalue weighted by atomic mass is 19.1. The summed E-state index contributed by atoms with van der Waals surface area (Å²) in [5, 5.41) is 0. The first-order valence-corrected chi connectivity index (χ1v) is 12.6. The van der Waals surface area contributed by atoms with Crippen molar-refractivity contribution in [2.45, 2.75) is 91.4 Å². The van der Waals surface area contributed by atoms with E-state index >= 15 is 0 Å². The first-order valence-electron chi connectivity index (χ1n) is 12.6. The molecule has 0 aromatic heterocycles. The smallest absolute Gasteiger partial charge is 0.166 e. The molecule has 0 unspecified atom stereocenters. The summed E-state index contributed by atoms with van der Waals surface area (Å²) in [4.78, 5) is 0. The fourth-order valence-corrected chi connectivity index (χ4v) is 3.72. The van der Waals surface area contributed by atoms with Crippen LogP contribution in [0.3, 0.4) is 0 Å². The molecule has 2 aromatic carbocycles. The van der Waals surface area contributed by atoms with Gasteiger partial charge in [-0.1, -0.05) is 89.7 Å². The van der Waals surface area contributed by atoms with E-state index in [9.17, 15) is 4.39 Å². The average Bonchev–Trinajstić information content (AvgIpc) is 2.78. The van der Waals surface area contributed by atoms with Crippen molar-refractivity contribution in [1.29, 1.82) is 0 Å². The summed E-state index contributed by atoms with van der Waals surface area (Å²) >= 11 is 0. The van der Waals surface area contributed by atoms with Crippen molar-refractivity contribution in [3.8, 4) is 17.6 Å². The predicted octanol–water partition coefficient (Wildman–Crippen LogP) is 8.72. The van der Waals surface area contributed by atoms with Gasteiger partial charge in [-0.2, -0.15) is 0 Å². The summed E-state index contributed by atoms with van der Waals surface area (Å²) < 4.78 is 19.9. The van der Waals surface area contributed by atoms with Crippen LogP contribution in [-0.2, 0) is 6.42 Å². The Balaban J connectivity index is 1.75. The topological polar surface area (TPSA) is 9.23 Å². The van der Waals surface area contributed by atoms with E-state index in [1.165, 1.54) is 63.0 Å². The van der Waals surface area contributed by atoms with E-state index in [1.54, 1.807) is 6.07 Å². The molecule has 0 bridgehead atoms. The Kier molecular flexibility index (Phi) is 12.6. The van der Waals surface area contributed by atoms with Crippen LogP contribution in [0.4, 0.5) is 4.39 Å². The van der Waals surface area contributed by atoms with Crippen molar-refractivity contribution >= 4 is 0 Å². The summed E-state index contributed by atoms with van der Waals surface area (Å²) in [7, 11) is 0.